The van der Waals surface area contributed by atoms with Crippen LogP contribution in [0, 0.1) is 0 Å². The fourth-order valence-corrected chi connectivity index (χ4v) is 1.88. The molecule has 2 aromatic heterocycles. The van der Waals surface area contributed by atoms with Crippen molar-refractivity contribution in [2.24, 2.45) is 0 Å². The van der Waals surface area contributed by atoms with Crippen molar-refractivity contribution in [3.63, 3.8) is 0 Å². The lowest BCUT2D eigenvalue weighted by molar-refractivity contribution is 0.523. The maximum atomic E-state index is 5.36. The van der Waals surface area contributed by atoms with E-state index in [4.69, 9.17) is 4.42 Å². The summed E-state index contributed by atoms with van der Waals surface area (Å²) in [6.07, 6.45) is 4.43. The number of allylic oxidation sites excluding steroid dienone is 1. The normalized spacial score (nSPS) is 10.2. The Hall–Kier alpha value is -1.28. The summed E-state index contributed by atoms with van der Waals surface area (Å²) in [7, 11) is 0. The monoisotopic (exact) mass is 190 g/mol. The molecule has 0 saturated heterocycles. The summed E-state index contributed by atoms with van der Waals surface area (Å²) in [6, 6.07) is 4.15. The van der Waals surface area contributed by atoms with E-state index in [0.29, 0.717) is 0 Å². The molecule has 13 heavy (non-hydrogen) atoms. The number of hydrogen-bond acceptors (Lipinski definition) is 2. The summed E-state index contributed by atoms with van der Waals surface area (Å²) in [5.74, 6) is 0.969. The van der Waals surface area contributed by atoms with Crippen molar-refractivity contribution in [3.05, 3.63) is 47.6 Å². The predicted molar refractivity (Wildman–Crippen MR) is 55.9 cm³/mol. The summed E-state index contributed by atoms with van der Waals surface area (Å²) < 4.78 is 5.36. The van der Waals surface area contributed by atoms with Gasteiger partial charge in [0.2, 0.25) is 0 Å². The zero-order valence-electron chi connectivity index (χ0n) is 7.19. The predicted octanol–water partition coefficient (Wildman–Crippen LogP) is 3.74. The molecule has 2 heterocycles. The molecule has 0 radical (unpaired) electrons. The Morgan fingerprint density at radius 2 is 2.38 bits per heavy atom. The molecule has 0 aliphatic rings. The molecule has 0 amide bonds. The van der Waals surface area contributed by atoms with Crippen molar-refractivity contribution in [2.45, 2.75) is 6.42 Å². The van der Waals surface area contributed by atoms with E-state index in [0.717, 1.165) is 17.7 Å². The minimum absolute atomic E-state index is 0.796. The Kier molecular flexibility index (Phi) is 2.32. The van der Waals surface area contributed by atoms with E-state index in [1.807, 2.05) is 6.08 Å². The number of thiophene rings is 1. The zero-order valence-corrected chi connectivity index (χ0v) is 8.01. The molecule has 2 heteroatoms. The first-order valence-electron chi connectivity index (χ1n) is 4.11. The van der Waals surface area contributed by atoms with Crippen LogP contribution in [-0.4, -0.2) is 0 Å². The van der Waals surface area contributed by atoms with E-state index >= 15 is 0 Å². The summed E-state index contributed by atoms with van der Waals surface area (Å²) in [5, 5.41) is 4.18. The van der Waals surface area contributed by atoms with Crippen molar-refractivity contribution in [1.29, 1.82) is 0 Å². The first-order valence-corrected chi connectivity index (χ1v) is 5.05. The summed E-state index contributed by atoms with van der Waals surface area (Å²) in [4.78, 5) is 0. The van der Waals surface area contributed by atoms with Crippen LogP contribution in [0.2, 0.25) is 0 Å². The van der Waals surface area contributed by atoms with Crippen molar-refractivity contribution in [3.8, 4) is 11.1 Å². The molecule has 0 N–H and O–H groups in total. The minimum Gasteiger partial charge on any atom is -0.468 e. The third-order valence-corrected chi connectivity index (χ3v) is 2.54. The molecule has 2 aromatic rings. The van der Waals surface area contributed by atoms with Crippen molar-refractivity contribution >= 4 is 11.3 Å². The highest BCUT2D eigenvalue weighted by molar-refractivity contribution is 7.08. The first-order chi connectivity index (χ1) is 6.40. The summed E-state index contributed by atoms with van der Waals surface area (Å²) in [6.45, 7) is 3.67. The van der Waals surface area contributed by atoms with Gasteiger partial charge in [-0.3, -0.25) is 0 Å². The Morgan fingerprint density at radius 3 is 3.08 bits per heavy atom. The van der Waals surface area contributed by atoms with Crippen LogP contribution in [0.15, 0.2) is 46.2 Å². The zero-order chi connectivity index (χ0) is 9.10. The van der Waals surface area contributed by atoms with Gasteiger partial charge in [0.25, 0.3) is 0 Å². The highest BCUT2D eigenvalue weighted by atomic mass is 32.1. The molecular formula is C11H10OS. The smallest absolute Gasteiger partial charge is 0.108 e. The van der Waals surface area contributed by atoms with Gasteiger partial charge in [-0.05, 0) is 28.5 Å². The van der Waals surface area contributed by atoms with Crippen LogP contribution in [0.1, 0.15) is 5.76 Å². The van der Waals surface area contributed by atoms with Gasteiger partial charge in [-0.15, -0.1) is 6.58 Å². The third-order valence-electron chi connectivity index (χ3n) is 1.85. The lowest BCUT2D eigenvalue weighted by atomic mass is 10.2. The number of rotatable bonds is 3. The van der Waals surface area contributed by atoms with Gasteiger partial charge >= 0.3 is 0 Å². The Bertz CT molecular complexity index is 384. The highest BCUT2D eigenvalue weighted by Gasteiger charge is 2.02. The molecule has 0 fully saturated rings. The average molecular weight is 190 g/mol. The van der Waals surface area contributed by atoms with E-state index in [1.54, 1.807) is 17.6 Å². The van der Waals surface area contributed by atoms with Crippen LogP contribution in [0.25, 0.3) is 11.1 Å². The standard InChI is InChI=1S/C11H10OS/c1-2-3-11-6-10(7-12-11)9-4-5-13-8-9/h2,4-8H,1,3H2. The average Bonchev–Trinajstić information content (AvgIpc) is 2.70. The van der Waals surface area contributed by atoms with Gasteiger partial charge in [0, 0.05) is 12.0 Å². The van der Waals surface area contributed by atoms with Gasteiger partial charge in [-0.25, -0.2) is 0 Å². The van der Waals surface area contributed by atoms with Gasteiger partial charge in [-0.1, -0.05) is 6.08 Å². The molecule has 0 atom stereocenters. The minimum atomic E-state index is 0.796. The molecule has 66 valence electrons. The van der Waals surface area contributed by atoms with Crippen LogP contribution < -0.4 is 0 Å². The van der Waals surface area contributed by atoms with Crippen molar-refractivity contribution in [2.75, 3.05) is 0 Å². The van der Waals surface area contributed by atoms with Crippen LogP contribution in [-0.2, 0) is 6.42 Å². The summed E-state index contributed by atoms with van der Waals surface area (Å²) >= 11 is 1.70. The molecule has 0 bridgehead atoms. The lowest BCUT2D eigenvalue weighted by Crippen LogP contribution is -1.71. The molecule has 0 unspecified atom stereocenters. The van der Waals surface area contributed by atoms with Gasteiger partial charge < -0.3 is 4.42 Å². The maximum absolute atomic E-state index is 5.36. The topological polar surface area (TPSA) is 13.1 Å². The second kappa shape index (κ2) is 3.62. The second-order valence-corrected chi connectivity index (χ2v) is 3.59. The van der Waals surface area contributed by atoms with E-state index < -0.39 is 0 Å². The van der Waals surface area contributed by atoms with Crippen LogP contribution >= 0.6 is 11.3 Å². The fourth-order valence-electron chi connectivity index (χ4n) is 1.21. The molecule has 0 aromatic carbocycles. The quantitative estimate of drug-likeness (QED) is 0.672. The summed E-state index contributed by atoms with van der Waals surface area (Å²) in [5.41, 5.74) is 2.38. The van der Waals surface area contributed by atoms with Crippen LogP contribution in [0.4, 0.5) is 0 Å². The number of hydrogen-bond donors (Lipinski definition) is 0. The Balaban J connectivity index is 2.28. The Morgan fingerprint density at radius 1 is 1.46 bits per heavy atom. The molecule has 0 spiro atoms. The van der Waals surface area contributed by atoms with Crippen molar-refractivity contribution < 1.29 is 4.42 Å². The van der Waals surface area contributed by atoms with Crippen LogP contribution in [0.3, 0.4) is 0 Å². The van der Waals surface area contributed by atoms with Gasteiger partial charge in [-0.2, -0.15) is 11.3 Å². The molecular weight excluding hydrogens is 180 g/mol. The molecule has 1 nitrogen and oxygen atoms in total. The molecule has 0 saturated carbocycles. The fraction of sp³-hybridized carbons (Fsp3) is 0.0909. The second-order valence-electron chi connectivity index (χ2n) is 2.81. The van der Waals surface area contributed by atoms with E-state index in [1.165, 1.54) is 5.56 Å². The SMILES string of the molecule is C=CCc1cc(-c2ccsc2)co1. The molecule has 0 aliphatic carbocycles. The first kappa shape index (κ1) is 8.32. The number of furan rings is 1. The lowest BCUT2D eigenvalue weighted by Gasteiger charge is -1.85. The van der Waals surface area contributed by atoms with Crippen LogP contribution in [0.5, 0.6) is 0 Å². The van der Waals surface area contributed by atoms with Crippen molar-refractivity contribution in [1.82, 2.24) is 0 Å². The maximum Gasteiger partial charge on any atom is 0.108 e. The Labute approximate surface area is 81.3 Å². The molecule has 0 aliphatic heterocycles. The van der Waals surface area contributed by atoms with Gasteiger partial charge in [0.05, 0.1) is 6.26 Å². The highest BCUT2D eigenvalue weighted by Crippen LogP contribution is 2.24. The van der Waals surface area contributed by atoms with E-state index in [2.05, 4.69) is 29.5 Å². The van der Waals surface area contributed by atoms with E-state index in [9.17, 15) is 0 Å². The van der Waals surface area contributed by atoms with E-state index in [-0.39, 0.29) is 0 Å². The van der Waals surface area contributed by atoms with Gasteiger partial charge in [0.1, 0.15) is 5.76 Å². The molecule has 2 rings (SSSR count). The largest absolute Gasteiger partial charge is 0.468 e. The van der Waals surface area contributed by atoms with Gasteiger partial charge in [0.15, 0.2) is 0 Å². The third kappa shape index (κ3) is 1.73.